The molecule has 1 atom stereocenters. The van der Waals surface area contributed by atoms with Crippen LogP contribution in [0.25, 0.3) is 11.4 Å². The summed E-state index contributed by atoms with van der Waals surface area (Å²) in [6.07, 6.45) is 4.04. The molecule has 218 valence electrons. The highest BCUT2D eigenvalue weighted by molar-refractivity contribution is 7.90. The molecule has 11 heteroatoms. The zero-order chi connectivity index (χ0) is 28.5. The van der Waals surface area contributed by atoms with Crippen molar-refractivity contribution in [3.8, 4) is 11.4 Å². The molecule has 1 saturated carbocycles. The van der Waals surface area contributed by atoms with Gasteiger partial charge in [0.1, 0.15) is 5.82 Å². The minimum absolute atomic E-state index is 0.155. The molecule has 3 aliphatic rings. The second-order valence-corrected chi connectivity index (χ2v) is 14.6. The van der Waals surface area contributed by atoms with Crippen molar-refractivity contribution in [1.29, 1.82) is 0 Å². The van der Waals surface area contributed by atoms with Crippen molar-refractivity contribution in [2.75, 3.05) is 43.1 Å². The van der Waals surface area contributed by atoms with E-state index in [1.165, 1.54) is 0 Å². The van der Waals surface area contributed by atoms with Gasteiger partial charge in [-0.15, -0.1) is 0 Å². The van der Waals surface area contributed by atoms with Gasteiger partial charge in [0.05, 0.1) is 36.7 Å². The van der Waals surface area contributed by atoms with Gasteiger partial charge in [0.2, 0.25) is 10.0 Å². The predicted octanol–water partition coefficient (Wildman–Crippen LogP) is 4.17. The van der Waals surface area contributed by atoms with Gasteiger partial charge in [0.15, 0.2) is 5.82 Å². The van der Waals surface area contributed by atoms with Crippen molar-refractivity contribution in [2.45, 2.75) is 77.6 Å². The Labute approximate surface area is 237 Å². The van der Waals surface area contributed by atoms with Crippen molar-refractivity contribution in [1.82, 2.24) is 19.6 Å². The van der Waals surface area contributed by atoms with Gasteiger partial charge in [-0.2, -0.15) is 4.31 Å². The lowest BCUT2D eigenvalue weighted by atomic mass is 9.91. The number of nitrogens with one attached hydrogen (secondary N) is 2. The number of sulfonamides is 1. The summed E-state index contributed by atoms with van der Waals surface area (Å²) in [5.41, 5.74) is 3.53. The van der Waals surface area contributed by atoms with Crippen LogP contribution in [-0.4, -0.2) is 72.9 Å². The monoisotopic (exact) mass is 570 g/mol. The molecular formula is C29H42N6O4S. The molecule has 1 aromatic carbocycles. The summed E-state index contributed by atoms with van der Waals surface area (Å²) in [4.78, 5) is 24.5. The van der Waals surface area contributed by atoms with Crippen molar-refractivity contribution in [2.24, 2.45) is 5.41 Å². The molecule has 3 heterocycles. The quantitative estimate of drug-likeness (QED) is 0.458. The van der Waals surface area contributed by atoms with Gasteiger partial charge in [-0.25, -0.2) is 23.2 Å². The van der Waals surface area contributed by atoms with Gasteiger partial charge in [0.25, 0.3) is 0 Å². The van der Waals surface area contributed by atoms with E-state index < -0.39 is 10.0 Å². The summed E-state index contributed by atoms with van der Waals surface area (Å²) < 4.78 is 33.3. The van der Waals surface area contributed by atoms with Crippen LogP contribution in [-0.2, 0) is 27.7 Å². The third-order valence-corrected chi connectivity index (χ3v) is 10.1. The van der Waals surface area contributed by atoms with Crippen LogP contribution in [0.15, 0.2) is 24.3 Å². The van der Waals surface area contributed by atoms with Crippen LogP contribution in [0.4, 0.5) is 16.3 Å². The number of rotatable bonds is 8. The first kappa shape index (κ1) is 28.8. The van der Waals surface area contributed by atoms with E-state index in [4.69, 9.17) is 14.7 Å². The largest absolute Gasteiger partial charge is 0.377 e. The lowest BCUT2D eigenvalue weighted by Crippen LogP contribution is -2.46. The van der Waals surface area contributed by atoms with Crippen LogP contribution in [0, 0.1) is 5.41 Å². The number of anilines is 2. The summed E-state index contributed by atoms with van der Waals surface area (Å²) in [6.45, 7) is 12.0. The molecule has 2 fully saturated rings. The molecule has 40 heavy (non-hydrogen) atoms. The molecule has 1 saturated heterocycles. The fraction of sp³-hybridized carbons (Fsp3) is 0.621. The number of aromatic nitrogens is 2. The number of nitrogens with zero attached hydrogens (tertiary/aromatic N) is 4. The van der Waals surface area contributed by atoms with Gasteiger partial charge < -0.3 is 20.3 Å². The Hall–Kier alpha value is -2.76. The van der Waals surface area contributed by atoms with E-state index in [1.54, 1.807) is 4.31 Å². The van der Waals surface area contributed by atoms with Gasteiger partial charge in [0, 0.05) is 36.4 Å². The number of carbonyl (C=O) groups excluding carboxylic acids is 1. The van der Waals surface area contributed by atoms with E-state index >= 15 is 0 Å². The van der Waals surface area contributed by atoms with Crippen LogP contribution in [0.2, 0.25) is 0 Å². The molecule has 1 aromatic heterocycles. The van der Waals surface area contributed by atoms with Gasteiger partial charge in [-0.05, 0) is 68.7 Å². The summed E-state index contributed by atoms with van der Waals surface area (Å²) in [6, 6.07) is 7.40. The minimum Gasteiger partial charge on any atom is -0.377 e. The van der Waals surface area contributed by atoms with Gasteiger partial charge in [-0.3, -0.25) is 0 Å². The number of morpholine rings is 1. The zero-order valence-corrected chi connectivity index (χ0v) is 24.9. The molecule has 2 N–H and O–H groups in total. The Balaban J connectivity index is 1.35. The molecule has 2 aliphatic heterocycles. The standard InChI is InChI=1S/C29H42N6O4S/c1-20-19-39-17-16-35(20)27-24-12-15-34(40(37,38)23-10-11-23)18-25(24)32-26(33-27)21-6-8-22(9-7-21)31-28(36)30-14-5-13-29(2,3)4/h6-9,20,23H,5,10-19H2,1-4H3,(H2,30,31,36). The van der Waals surface area contributed by atoms with Gasteiger partial charge in [-0.1, -0.05) is 20.8 Å². The number of hydrogen-bond donors (Lipinski definition) is 2. The van der Waals surface area contributed by atoms with E-state index in [0.717, 1.165) is 54.9 Å². The van der Waals surface area contributed by atoms with Crippen molar-refractivity contribution in [3.05, 3.63) is 35.5 Å². The fourth-order valence-corrected chi connectivity index (χ4v) is 7.09. The molecule has 0 bridgehead atoms. The second-order valence-electron chi connectivity index (χ2n) is 12.4. The minimum atomic E-state index is -3.30. The van der Waals surface area contributed by atoms with Crippen LogP contribution >= 0.6 is 0 Å². The first-order chi connectivity index (χ1) is 19.0. The Morgan fingerprint density at radius 2 is 1.88 bits per heavy atom. The summed E-state index contributed by atoms with van der Waals surface area (Å²) in [5, 5.41) is 5.56. The number of carbonyl (C=O) groups is 1. The Kier molecular flexibility index (Phi) is 8.35. The molecule has 5 rings (SSSR count). The molecular weight excluding hydrogens is 528 g/mol. The SMILES string of the molecule is CC1COCCN1c1nc(-c2ccc(NC(=O)NCCCC(C)(C)C)cc2)nc2c1CCN(S(=O)(=O)C1CC1)C2. The fourth-order valence-electron chi connectivity index (χ4n) is 5.29. The summed E-state index contributed by atoms with van der Waals surface area (Å²) in [5.74, 6) is 1.42. The average Bonchev–Trinajstić information content (AvgIpc) is 3.77. The topological polar surface area (TPSA) is 117 Å². The maximum Gasteiger partial charge on any atom is 0.319 e. The first-order valence-electron chi connectivity index (χ1n) is 14.4. The van der Waals surface area contributed by atoms with Crippen molar-refractivity contribution in [3.63, 3.8) is 0 Å². The number of ether oxygens (including phenoxy) is 1. The normalized spacial score (nSPS) is 20.2. The molecule has 0 spiro atoms. The highest BCUT2D eigenvalue weighted by atomic mass is 32.2. The number of hydrogen-bond acceptors (Lipinski definition) is 7. The maximum absolute atomic E-state index is 13.0. The molecule has 2 aromatic rings. The summed E-state index contributed by atoms with van der Waals surface area (Å²) >= 11 is 0. The van der Waals surface area contributed by atoms with E-state index in [-0.39, 0.29) is 29.3 Å². The predicted molar refractivity (Wildman–Crippen MR) is 157 cm³/mol. The van der Waals surface area contributed by atoms with Crippen molar-refractivity contribution < 1.29 is 17.9 Å². The number of urea groups is 1. The first-order valence-corrected chi connectivity index (χ1v) is 15.9. The number of fused-ring (bicyclic) bond motifs is 1. The van der Waals surface area contributed by atoms with Crippen LogP contribution in [0.1, 0.15) is 64.6 Å². The van der Waals surface area contributed by atoms with Gasteiger partial charge >= 0.3 is 6.03 Å². The lowest BCUT2D eigenvalue weighted by Gasteiger charge is -2.37. The van der Waals surface area contributed by atoms with Crippen LogP contribution in [0.3, 0.4) is 0 Å². The van der Waals surface area contributed by atoms with E-state index in [0.29, 0.717) is 44.2 Å². The van der Waals surface area contributed by atoms with E-state index in [2.05, 4.69) is 43.2 Å². The Morgan fingerprint density at radius 3 is 2.55 bits per heavy atom. The Bertz CT molecular complexity index is 1320. The molecule has 2 amide bonds. The van der Waals surface area contributed by atoms with Crippen LogP contribution in [0.5, 0.6) is 0 Å². The molecule has 1 unspecified atom stereocenters. The molecule has 10 nitrogen and oxygen atoms in total. The average molecular weight is 571 g/mol. The second kappa shape index (κ2) is 11.6. The highest BCUT2D eigenvalue weighted by Crippen LogP contribution is 2.36. The summed E-state index contributed by atoms with van der Waals surface area (Å²) in [7, 11) is -3.30. The lowest BCUT2D eigenvalue weighted by molar-refractivity contribution is 0.0984. The Morgan fingerprint density at radius 1 is 1.12 bits per heavy atom. The van der Waals surface area contributed by atoms with Crippen molar-refractivity contribution >= 4 is 27.6 Å². The van der Waals surface area contributed by atoms with E-state index in [1.807, 2.05) is 24.3 Å². The zero-order valence-electron chi connectivity index (χ0n) is 24.1. The highest BCUT2D eigenvalue weighted by Gasteiger charge is 2.42. The number of amides is 2. The molecule has 0 radical (unpaired) electrons. The third kappa shape index (κ3) is 6.75. The van der Waals surface area contributed by atoms with Crippen LogP contribution < -0.4 is 15.5 Å². The smallest absolute Gasteiger partial charge is 0.319 e. The maximum atomic E-state index is 13.0. The van der Waals surface area contributed by atoms with E-state index in [9.17, 15) is 13.2 Å². The number of benzene rings is 1. The third-order valence-electron chi connectivity index (χ3n) is 7.74. The molecule has 1 aliphatic carbocycles.